The van der Waals surface area contributed by atoms with Crippen molar-refractivity contribution in [3.63, 3.8) is 0 Å². The van der Waals surface area contributed by atoms with E-state index in [0.29, 0.717) is 19.1 Å². The van der Waals surface area contributed by atoms with Crippen molar-refractivity contribution in [1.29, 1.82) is 0 Å². The van der Waals surface area contributed by atoms with Crippen molar-refractivity contribution < 1.29 is 13.2 Å². The van der Waals surface area contributed by atoms with E-state index in [-0.39, 0.29) is 11.8 Å². The maximum atomic E-state index is 12.0. The first-order valence-electron chi connectivity index (χ1n) is 9.24. The largest absolute Gasteiger partial charge is 0.337 e. The number of rotatable bonds is 7. The zero-order chi connectivity index (χ0) is 19.2. The number of hydrogen-bond donors (Lipinski definition) is 2. The highest BCUT2D eigenvalue weighted by molar-refractivity contribution is 7.89. The van der Waals surface area contributed by atoms with Gasteiger partial charge in [-0.2, -0.15) is 0 Å². The number of urea groups is 1. The molecule has 146 valence electrons. The van der Waals surface area contributed by atoms with Crippen LogP contribution in [-0.2, 0) is 22.1 Å². The van der Waals surface area contributed by atoms with Gasteiger partial charge < -0.3 is 10.6 Å². The Balaban J connectivity index is 1.71. The Morgan fingerprint density at radius 3 is 2.50 bits per heavy atom. The average molecular weight is 382 g/mol. The Labute approximate surface area is 157 Å². The molecular weight excluding hydrogens is 350 g/mol. The SMILES string of the molecule is C[C@@H]1CCCN([C@H](C)CNC(=O)NCc2ccc(CS(C)(=O)=O)cc2)C1. The summed E-state index contributed by atoms with van der Waals surface area (Å²) < 4.78 is 22.6. The van der Waals surface area contributed by atoms with Crippen molar-refractivity contribution in [2.45, 2.75) is 45.0 Å². The van der Waals surface area contributed by atoms with E-state index in [1.165, 1.54) is 19.1 Å². The van der Waals surface area contributed by atoms with Crippen molar-refractivity contribution in [3.05, 3.63) is 35.4 Å². The molecule has 0 saturated carbocycles. The predicted octanol–water partition coefficient (Wildman–Crippen LogP) is 2.15. The van der Waals surface area contributed by atoms with Gasteiger partial charge in [0.1, 0.15) is 0 Å². The first-order valence-corrected chi connectivity index (χ1v) is 11.3. The summed E-state index contributed by atoms with van der Waals surface area (Å²) in [5.41, 5.74) is 1.69. The molecule has 0 spiro atoms. The minimum absolute atomic E-state index is 0.0359. The third-order valence-electron chi connectivity index (χ3n) is 4.77. The van der Waals surface area contributed by atoms with Crippen LogP contribution in [-0.4, -0.2) is 51.3 Å². The molecule has 1 saturated heterocycles. The molecule has 2 amide bonds. The molecule has 0 aliphatic carbocycles. The highest BCUT2D eigenvalue weighted by atomic mass is 32.2. The summed E-state index contributed by atoms with van der Waals surface area (Å²) >= 11 is 0. The summed E-state index contributed by atoms with van der Waals surface area (Å²) in [6.45, 7) is 7.68. The van der Waals surface area contributed by atoms with E-state index < -0.39 is 9.84 Å². The molecule has 0 aromatic heterocycles. The van der Waals surface area contributed by atoms with E-state index in [2.05, 4.69) is 29.4 Å². The van der Waals surface area contributed by atoms with Crippen molar-refractivity contribution in [3.8, 4) is 0 Å². The lowest BCUT2D eigenvalue weighted by atomic mass is 9.99. The Morgan fingerprint density at radius 2 is 1.88 bits per heavy atom. The molecule has 0 radical (unpaired) electrons. The van der Waals surface area contributed by atoms with Crippen LogP contribution < -0.4 is 10.6 Å². The first kappa shape index (κ1) is 20.7. The number of benzene rings is 1. The van der Waals surface area contributed by atoms with Gasteiger partial charge in [-0.25, -0.2) is 13.2 Å². The van der Waals surface area contributed by atoms with Crippen molar-refractivity contribution in [2.75, 3.05) is 25.9 Å². The van der Waals surface area contributed by atoms with Gasteiger partial charge in [0.2, 0.25) is 0 Å². The first-order chi connectivity index (χ1) is 12.2. The number of carbonyl (C=O) groups is 1. The van der Waals surface area contributed by atoms with Crippen LogP contribution in [0.5, 0.6) is 0 Å². The zero-order valence-corrected chi connectivity index (χ0v) is 16.8. The number of hydrogen-bond acceptors (Lipinski definition) is 4. The smallest absolute Gasteiger partial charge is 0.315 e. The lowest BCUT2D eigenvalue weighted by Crippen LogP contribution is -2.48. The second-order valence-corrected chi connectivity index (χ2v) is 9.68. The molecule has 1 aromatic rings. The number of sulfone groups is 1. The third-order valence-corrected chi connectivity index (χ3v) is 5.63. The molecule has 2 atom stereocenters. The molecule has 26 heavy (non-hydrogen) atoms. The second-order valence-electron chi connectivity index (χ2n) is 7.54. The Kier molecular flexibility index (Phi) is 7.46. The van der Waals surface area contributed by atoms with E-state index in [1.807, 2.05) is 12.1 Å². The summed E-state index contributed by atoms with van der Waals surface area (Å²) in [5, 5.41) is 5.78. The summed E-state index contributed by atoms with van der Waals surface area (Å²) in [5.74, 6) is 0.763. The number of likely N-dealkylation sites (tertiary alicyclic amines) is 1. The minimum atomic E-state index is -3.03. The fourth-order valence-electron chi connectivity index (χ4n) is 3.30. The van der Waals surface area contributed by atoms with Gasteiger partial charge in [0.15, 0.2) is 9.84 Å². The topological polar surface area (TPSA) is 78.5 Å². The number of carbonyl (C=O) groups excluding carboxylic acids is 1. The fraction of sp³-hybridized carbons (Fsp3) is 0.632. The summed E-state index contributed by atoms with van der Waals surface area (Å²) in [4.78, 5) is 14.4. The zero-order valence-electron chi connectivity index (χ0n) is 16.0. The standard InChI is InChI=1S/C19H31N3O3S/c1-15-5-4-10-22(13-15)16(2)11-20-19(23)21-12-17-6-8-18(9-7-17)14-26(3,24)25/h6-9,15-16H,4-5,10-14H2,1-3H3,(H2,20,21,23)/t15-,16-/m1/s1. The van der Waals surface area contributed by atoms with Crippen LogP contribution in [0.1, 0.15) is 37.8 Å². The van der Waals surface area contributed by atoms with Crippen molar-refractivity contribution >= 4 is 15.9 Å². The summed E-state index contributed by atoms with van der Waals surface area (Å²) in [6.07, 6.45) is 3.74. The Morgan fingerprint density at radius 1 is 1.23 bits per heavy atom. The van der Waals surface area contributed by atoms with Crippen molar-refractivity contribution in [2.24, 2.45) is 5.92 Å². The monoisotopic (exact) mass is 381 g/mol. The molecule has 1 aromatic carbocycles. The van der Waals surface area contributed by atoms with Crippen LogP contribution in [0.4, 0.5) is 4.79 Å². The third kappa shape index (κ3) is 7.33. The van der Waals surface area contributed by atoms with E-state index in [0.717, 1.165) is 30.1 Å². The molecule has 1 aliphatic heterocycles. The quantitative estimate of drug-likeness (QED) is 0.759. The average Bonchev–Trinajstić information content (AvgIpc) is 2.57. The lowest BCUT2D eigenvalue weighted by molar-refractivity contribution is 0.137. The van der Waals surface area contributed by atoms with Gasteiger partial charge in [0, 0.05) is 31.9 Å². The highest BCUT2D eigenvalue weighted by Gasteiger charge is 2.21. The normalized spacial score (nSPS) is 19.7. The van der Waals surface area contributed by atoms with Crippen LogP contribution in [0.15, 0.2) is 24.3 Å². The van der Waals surface area contributed by atoms with Gasteiger partial charge in [-0.05, 0) is 43.4 Å². The van der Waals surface area contributed by atoms with Crippen LogP contribution in [0.2, 0.25) is 0 Å². The predicted molar refractivity (Wildman–Crippen MR) is 105 cm³/mol. The number of piperidine rings is 1. The van der Waals surface area contributed by atoms with E-state index >= 15 is 0 Å². The minimum Gasteiger partial charge on any atom is -0.337 e. The van der Waals surface area contributed by atoms with Gasteiger partial charge in [-0.1, -0.05) is 31.2 Å². The van der Waals surface area contributed by atoms with Crippen LogP contribution >= 0.6 is 0 Å². The molecule has 6 nitrogen and oxygen atoms in total. The van der Waals surface area contributed by atoms with Crippen LogP contribution in [0.25, 0.3) is 0 Å². The molecule has 0 bridgehead atoms. The number of nitrogens with one attached hydrogen (secondary N) is 2. The molecular formula is C19H31N3O3S. The van der Waals surface area contributed by atoms with Gasteiger partial charge in [0.05, 0.1) is 5.75 Å². The van der Waals surface area contributed by atoms with Crippen LogP contribution in [0.3, 0.4) is 0 Å². The van der Waals surface area contributed by atoms with Gasteiger partial charge in [-0.3, -0.25) is 4.90 Å². The fourth-order valence-corrected chi connectivity index (χ4v) is 4.09. The molecule has 7 heteroatoms. The number of amides is 2. The van der Waals surface area contributed by atoms with Crippen LogP contribution in [0, 0.1) is 5.92 Å². The van der Waals surface area contributed by atoms with E-state index in [4.69, 9.17) is 0 Å². The number of nitrogens with zero attached hydrogens (tertiary/aromatic N) is 1. The van der Waals surface area contributed by atoms with E-state index in [1.54, 1.807) is 12.1 Å². The van der Waals surface area contributed by atoms with Gasteiger partial charge >= 0.3 is 6.03 Å². The molecule has 0 unspecified atom stereocenters. The Hall–Kier alpha value is -1.60. The molecule has 1 aliphatic rings. The molecule has 1 fully saturated rings. The Bertz CT molecular complexity index is 688. The molecule has 2 rings (SSSR count). The van der Waals surface area contributed by atoms with E-state index in [9.17, 15) is 13.2 Å². The summed E-state index contributed by atoms with van der Waals surface area (Å²) in [7, 11) is -3.03. The molecule has 2 N–H and O–H groups in total. The maximum absolute atomic E-state index is 12.0. The summed E-state index contributed by atoms with van der Waals surface area (Å²) in [6, 6.07) is 7.42. The van der Waals surface area contributed by atoms with Crippen molar-refractivity contribution in [1.82, 2.24) is 15.5 Å². The lowest BCUT2D eigenvalue weighted by Gasteiger charge is -2.35. The second kappa shape index (κ2) is 9.37. The van der Waals surface area contributed by atoms with Gasteiger partial charge in [-0.15, -0.1) is 0 Å². The maximum Gasteiger partial charge on any atom is 0.315 e. The molecule has 1 heterocycles. The highest BCUT2D eigenvalue weighted by Crippen LogP contribution is 2.17. The van der Waals surface area contributed by atoms with Gasteiger partial charge in [0.25, 0.3) is 0 Å².